The Morgan fingerprint density at radius 2 is 2.17 bits per heavy atom. The third-order valence-corrected chi connectivity index (χ3v) is 3.28. The molecule has 1 heterocycles. The van der Waals surface area contributed by atoms with E-state index in [2.05, 4.69) is 49.3 Å². The van der Waals surface area contributed by atoms with Gasteiger partial charge in [0, 0.05) is 32.1 Å². The molecule has 1 aromatic rings. The van der Waals surface area contributed by atoms with Crippen LogP contribution < -0.4 is 10.1 Å². The van der Waals surface area contributed by atoms with Crippen LogP contribution in [0.15, 0.2) is 24.3 Å². The molecule has 0 spiro atoms. The van der Waals surface area contributed by atoms with Crippen LogP contribution in [0.1, 0.15) is 19.4 Å². The van der Waals surface area contributed by atoms with E-state index in [1.165, 1.54) is 5.56 Å². The minimum absolute atomic E-state index is 0.312. The number of hydrogen-bond acceptors (Lipinski definition) is 3. The molecule has 0 saturated heterocycles. The maximum Gasteiger partial charge on any atom is 0.123 e. The van der Waals surface area contributed by atoms with Gasteiger partial charge in [0.2, 0.25) is 0 Å². The molecule has 1 aromatic carbocycles. The lowest BCUT2D eigenvalue weighted by atomic mass is 10.1. The normalized spacial score (nSPS) is 18.2. The van der Waals surface area contributed by atoms with Crippen molar-refractivity contribution in [3.8, 4) is 5.75 Å². The summed E-state index contributed by atoms with van der Waals surface area (Å²) in [6.07, 6.45) is 1.35. The molecule has 0 saturated carbocycles. The Bertz CT molecular complexity index is 354. The lowest BCUT2D eigenvalue weighted by Crippen LogP contribution is -2.37. The molecule has 1 aliphatic heterocycles. The lowest BCUT2D eigenvalue weighted by molar-refractivity contribution is 0.168. The summed E-state index contributed by atoms with van der Waals surface area (Å²) in [5.74, 6) is 1.07. The molecule has 1 aliphatic rings. The summed E-state index contributed by atoms with van der Waals surface area (Å²) in [6, 6.07) is 8.91. The first kappa shape index (κ1) is 13.4. The topological polar surface area (TPSA) is 24.5 Å². The van der Waals surface area contributed by atoms with E-state index >= 15 is 0 Å². The van der Waals surface area contributed by atoms with Crippen molar-refractivity contribution in [1.29, 1.82) is 0 Å². The number of para-hydroxylation sites is 1. The van der Waals surface area contributed by atoms with Crippen LogP contribution in [0.2, 0.25) is 0 Å². The number of likely N-dealkylation sites (N-methyl/N-ethyl adjacent to an activating group) is 1. The van der Waals surface area contributed by atoms with Gasteiger partial charge in [-0.05, 0) is 18.7 Å². The van der Waals surface area contributed by atoms with Crippen molar-refractivity contribution >= 4 is 0 Å². The van der Waals surface area contributed by atoms with Crippen molar-refractivity contribution in [2.24, 2.45) is 0 Å². The van der Waals surface area contributed by atoms with E-state index in [1.54, 1.807) is 0 Å². The number of nitrogens with one attached hydrogen (secondary N) is 1. The SMILES string of the molecule is CC(C)NCCN(C)CC1Cc2ccccc2O1. The highest BCUT2D eigenvalue weighted by Gasteiger charge is 2.23. The van der Waals surface area contributed by atoms with Crippen LogP contribution >= 0.6 is 0 Å². The fourth-order valence-electron chi connectivity index (χ4n) is 2.34. The molecule has 1 N–H and O–H groups in total. The van der Waals surface area contributed by atoms with Crippen molar-refractivity contribution in [3.63, 3.8) is 0 Å². The minimum Gasteiger partial charge on any atom is -0.488 e. The van der Waals surface area contributed by atoms with Gasteiger partial charge in [-0.1, -0.05) is 32.0 Å². The Morgan fingerprint density at radius 3 is 2.89 bits per heavy atom. The van der Waals surface area contributed by atoms with Crippen LogP contribution in [0, 0.1) is 0 Å². The van der Waals surface area contributed by atoms with Crippen LogP contribution in [0.5, 0.6) is 5.75 Å². The molecule has 0 radical (unpaired) electrons. The molecular formula is C15H24N2O. The van der Waals surface area contributed by atoms with E-state index in [4.69, 9.17) is 4.74 Å². The van der Waals surface area contributed by atoms with Gasteiger partial charge in [-0.25, -0.2) is 0 Å². The third kappa shape index (κ3) is 3.72. The first-order chi connectivity index (χ1) is 8.65. The lowest BCUT2D eigenvalue weighted by Gasteiger charge is -2.21. The highest BCUT2D eigenvalue weighted by molar-refractivity contribution is 5.37. The average Bonchev–Trinajstić information content (AvgIpc) is 2.70. The van der Waals surface area contributed by atoms with Crippen molar-refractivity contribution < 1.29 is 4.74 Å². The Balaban J connectivity index is 1.72. The smallest absolute Gasteiger partial charge is 0.123 e. The van der Waals surface area contributed by atoms with Crippen molar-refractivity contribution in [2.45, 2.75) is 32.4 Å². The zero-order valence-electron chi connectivity index (χ0n) is 11.6. The molecule has 0 aromatic heterocycles. The van der Waals surface area contributed by atoms with E-state index in [1.807, 2.05) is 6.07 Å². The van der Waals surface area contributed by atoms with E-state index < -0.39 is 0 Å². The largest absolute Gasteiger partial charge is 0.488 e. The molecular weight excluding hydrogens is 224 g/mol. The second-order valence-corrected chi connectivity index (χ2v) is 5.42. The summed E-state index contributed by atoms with van der Waals surface area (Å²) in [7, 11) is 2.16. The van der Waals surface area contributed by atoms with Crippen LogP contribution in [0.25, 0.3) is 0 Å². The monoisotopic (exact) mass is 248 g/mol. The molecule has 0 bridgehead atoms. The van der Waals surface area contributed by atoms with Gasteiger partial charge < -0.3 is 15.0 Å². The molecule has 2 rings (SSSR count). The molecule has 0 amide bonds. The average molecular weight is 248 g/mol. The molecule has 0 aliphatic carbocycles. The maximum atomic E-state index is 5.94. The van der Waals surface area contributed by atoms with E-state index in [-0.39, 0.29) is 0 Å². The number of nitrogens with zero attached hydrogens (tertiary/aromatic N) is 1. The van der Waals surface area contributed by atoms with E-state index in [0.29, 0.717) is 12.1 Å². The van der Waals surface area contributed by atoms with Gasteiger partial charge in [0.25, 0.3) is 0 Å². The summed E-state index contributed by atoms with van der Waals surface area (Å²) in [6.45, 7) is 7.45. The first-order valence-corrected chi connectivity index (χ1v) is 6.81. The van der Waals surface area contributed by atoms with Crippen LogP contribution in [0.3, 0.4) is 0 Å². The van der Waals surface area contributed by atoms with Gasteiger partial charge in [0.05, 0.1) is 0 Å². The quantitative estimate of drug-likeness (QED) is 0.832. The van der Waals surface area contributed by atoms with Gasteiger partial charge in [-0.3, -0.25) is 0 Å². The first-order valence-electron chi connectivity index (χ1n) is 6.81. The number of rotatable bonds is 6. The van der Waals surface area contributed by atoms with Crippen molar-refractivity contribution in [2.75, 3.05) is 26.7 Å². The second kappa shape index (κ2) is 6.21. The fraction of sp³-hybridized carbons (Fsp3) is 0.600. The number of benzene rings is 1. The van der Waals surface area contributed by atoms with Gasteiger partial charge in [-0.2, -0.15) is 0 Å². The Kier molecular flexibility index (Phi) is 4.61. The maximum absolute atomic E-state index is 5.94. The van der Waals surface area contributed by atoms with Crippen molar-refractivity contribution in [1.82, 2.24) is 10.2 Å². The van der Waals surface area contributed by atoms with Crippen LogP contribution in [-0.2, 0) is 6.42 Å². The standard InChI is InChI=1S/C15H24N2O/c1-12(2)16-8-9-17(3)11-14-10-13-6-4-5-7-15(13)18-14/h4-7,12,14,16H,8-11H2,1-3H3. The van der Waals surface area contributed by atoms with Crippen LogP contribution in [-0.4, -0.2) is 43.7 Å². The van der Waals surface area contributed by atoms with Gasteiger partial charge in [-0.15, -0.1) is 0 Å². The summed E-state index contributed by atoms with van der Waals surface area (Å²) in [5.41, 5.74) is 1.34. The summed E-state index contributed by atoms with van der Waals surface area (Å²) in [4.78, 5) is 2.34. The molecule has 100 valence electrons. The number of ether oxygens (including phenoxy) is 1. The van der Waals surface area contributed by atoms with E-state index in [0.717, 1.165) is 31.8 Å². The predicted octanol–water partition coefficient (Wildman–Crippen LogP) is 1.92. The molecule has 0 fully saturated rings. The highest BCUT2D eigenvalue weighted by atomic mass is 16.5. The summed E-state index contributed by atoms with van der Waals surface area (Å²) in [5, 5.41) is 3.44. The second-order valence-electron chi connectivity index (χ2n) is 5.42. The Morgan fingerprint density at radius 1 is 1.39 bits per heavy atom. The molecule has 3 heteroatoms. The molecule has 3 nitrogen and oxygen atoms in total. The van der Waals surface area contributed by atoms with Gasteiger partial charge in [0.15, 0.2) is 0 Å². The highest BCUT2D eigenvalue weighted by Crippen LogP contribution is 2.28. The molecule has 18 heavy (non-hydrogen) atoms. The van der Waals surface area contributed by atoms with Crippen LogP contribution in [0.4, 0.5) is 0 Å². The Labute approximate surface area is 110 Å². The summed E-state index contributed by atoms with van der Waals surface area (Å²) < 4.78 is 5.94. The van der Waals surface area contributed by atoms with Gasteiger partial charge in [0.1, 0.15) is 11.9 Å². The molecule has 1 atom stereocenters. The zero-order valence-corrected chi connectivity index (χ0v) is 11.6. The molecule has 1 unspecified atom stereocenters. The fourth-order valence-corrected chi connectivity index (χ4v) is 2.34. The zero-order chi connectivity index (χ0) is 13.0. The minimum atomic E-state index is 0.312. The van der Waals surface area contributed by atoms with Gasteiger partial charge >= 0.3 is 0 Å². The predicted molar refractivity (Wildman–Crippen MR) is 75.2 cm³/mol. The number of hydrogen-bond donors (Lipinski definition) is 1. The van der Waals surface area contributed by atoms with E-state index in [9.17, 15) is 0 Å². The number of fused-ring (bicyclic) bond motifs is 1. The Hall–Kier alpha value is -1.06. The summed E-state index contributed by atoms with van der Waals surface area (Å²) >= 11 is 0. The van der Waals surface area contributed by atoms with Crippen molar-refractivity contribution in [3.05, 3.63) is 29.8 Å². The third-order valence-electron chi connectivity index (χ3n) is 3.28.